The Balaban J connectivity index is 2.02. The molecule has 6 nitrogen and oxygen atoms in total. The number of hydrogen-bond donors (Lipinski definition) is 1. The van der Waals surface area contributed by atoms with E-state index >= 15 is 0 Å². The number of ether oxygens (including phenoxy) is 5. The molecule has 0 radical (unpaired) electrons. The molecule has 3 rings (SSSR count). The standard InChI is InChI=1S/C35H53ClO6/c1-5-9-18-38-25-30-33(39-19-10-6-2)35(41-21-12-8-4)34(40-20-11-7-3)32(42-30)28-23-27(31(36)29(37)24-28)22-26-16-14-13-15-17-26/h13-17,23-24,30,32-35,37H,5-12,18-22,25H2,1-4H3/t30-,32+,33-,34+,35?/m1/s1. The minimum atomic E-state index is -0.489. The van der Waals surface area contributed by atoms with Gasteiger partial charge in [0.25, 0.3) is 0 Å². The Morgan fingerprint density at radius 3 is 1.93 bits per heavy atom. The van der Waals surface area contributed by atoms with Crippen LogP contribution in [0.3, 0.4) is 0 Å². The second kappa shape index (κ2) is 19.6. The van der Waals surface area contributed by atoms with Gasteiger partial charge in [-0.05, 0) is 54.9 Å². The molecule has 2 aromatic carbocycles. The Kier molecular flexibility index (Phi) is 16.2. The molecule has 2 aromatic rings. The lowest BCUT2D eigenvalue weighted by Gasteiger charge is -2.46. The van der Waals surface area contributed by atoms with E-state index in [1.807, 2.05) is 24.3 Å². The van der Waals surface area contributed by atoms with Crippen LogP contribution in [0.4, 0.5) is 0 Å². The molecule has 0 aromatic heterocycles. The van der Waals surface area contributed by atoms with Crippen LogP contribution in [0.2, 0.25) is 5.02 Å². The van der Waals surface area contributed by atoms with Crippen LogP contribution in [0.1, 0.15) is 102 Å². The first-order valence-corrected chi connectivity index (χ1v) is 16.5. The highest BCUT2D eigenvalue weighted by Crippen LogP contribution is 2.41. The summed E-state index contributed by atoms with van der Waals surface area (Å²) in [4.78, 5) is 0. The minimum absolute atomic E-state index is 0.0384. The number of hydrogen-bond acceptors (Lipinski definition) is 6. The molecular formula is C35H53ClO6. The van der Waals surface area contributed by atoms with E-state index in [9.17, 15) is 5.11 Å². The summed E-state index contributed by atoms with van der Waals surface area (Å²) in [5.41, 5.74) is 2.77. The van der Waals surface area contributed by atoms with Crippen molar-refractivity contribution in [3.8, 4) is 5.75 Å². The molecule has 1 aliphatic heterocycles. The second-order valence-electron chi connectivity index (χ2n) is 11.3. The predicted octanol–water partition coefficient (Wildman–Crippen LogP) is 8.45. The number of rotatable bonds is 20. The third kappa shape index (κ3) is 10.5. The van der Waals surface area contributed by atoms with Gasteiger partial charge in [-0.2, -0.15) is 0 Å². The molecular weight excluding hydrogens is 552 g/mol. The van der Waals surface area contributed by atoms with Crippen molar-refractivity contribution in [3.05, 3.63) is 64.2 Å². The fourth-order valence-corrected chi connectivity index (χ4v) is 5.40. The van der Waals surface area contributed by atoms with Crippen molar-refractivity contribution in [1.82, 2.24) is 0 Å². The molecule has 5 atom stereocenters. The van der Waals surface area contributed by atoms with E-state index in [0.717, 1.165) is 68.1 Å². The minimum Gasteiger partial charge on any atom is -0.506 e. The lowest BCUT2D eigenvalue weighted by Crippen LogP contribution is -2.58. The molecule has 0 bridgehead atoms. The fraction of sp³-hybridized carbons (Fsp3) is 0.657. The molecule has 1 N–H and O–H groups in total. The molecule has 0 amide bonds. The quantitative estimate of drug-likeness (QED) is 0.153. The Morgan fingerprint density at radius 1 is 0.738 bits per heavy atom. The summed E-state index contributed by atoms with van der Waals surface area (Å²) < 4.78 is 32.7. The highest BCUT2D eigenvalue weighted by molar-refractivity contribution is 6.32. The number of unbranched alkanes of at least 4 members (excludes halogenated alkanes) is 4. The SMILES string of the molecule is CCCCOC[C@H]1O[C@@H](c2cc(O)c(Cl)c(Cc3ccccc3)c2)[C@H](OCCCC)C(OCCCC)[C@@H]1OCCCC. The summed E-state index contributed by atoms with van der Waals surface area (Å²) in [7, 11) is 0. The van der Waals surface area contributed by atoms with Gasteiger partial charge in [-0.1, -0.05) is 101 Å². The largest absolute Gasteiger partial charge is 0.506 e. The van der Waals surface area contributed by atoms with E-state index in [-0.39, 0.29) is 24.1 Å². The van der Waals surface area contributed by atoms with Gasteiger partial charge in [0.15, 0.2) is 0 Å². The second-order valence-corrected chi connectivity index (χ2v) is 11.6. The van der Waals surface area contributed by atoms with Crippen LogP contribution < -0.4 is 0 Å². The first-order chi connectivity index (χ1) is 20.5. The van der Waals surface area contributed by atoms with Gasteiger partial charge in [-0.15, -0.1) is 0 Å². The van der Waals surface area contributed by atoms with Gasteiger partial charge in [0.2, 0.25) is 0 Å². The average Bonchev–Trinajstić information content (AvgIpc) is 3.00. The zero-order chi connectivity index (χ0) is 30.2. The maximum Gasteiger partial charge on any atom is 0.134 e. The van der Waals surface area contributed by atoms with E-state index in [1.54, 1.807) is 6.07 Å². The number of aromatic hydroxyl groups is 1. The summed E-state index contributed by atoms with van der Waals surface area (Å²) in [6.45, 7) is 11.5. The zero-order valence-electron chi connectivity index (χ0n) is 26.2. The number of benzene rings is 2. The first kappa shape index (κ1) is 34.8. The normalized spacial score (nSPS) is 22.5. The number of phenolic OH excluding ortho intramolecular Hbond substituents is 1. The topological polar surface area (TPSA) is 66.4 Å². The molecule has 1 unspecified atom stereocenters. The van der Waals surface area contributed by atoms with Crippen LogP contribution >= 0.6 is 11.6 Å². The van der Waals surface area contributed by atoms with Gasteiger partial charge in [0, 0.05) is 26.4 Å². The summed E-state index contributed by atoms with van der Waals surface area (Å²) in [6.07, 6.45) is 6.65. The molecule has 0 aliphatic carbocycles. The van der Waals surface area contributed by atoms with Gasteiger partial charge in [0.05, 0.1) is 11.6 Å². The van der Waals surface area contributed by atoms with Crippen LogP contribution in [-0.4, -0.2) is 62.6 Å². The van der Waals surface area contributed by atoms with Crippen LogP contribution in [0, 0.1) is 0 Å². The van der Waals surface area contributed by atoms with Crippen LogP contribution in [0.5, 0.6) is 5.75 Å². The molecule has 42 heavy (non-hydrogen) atoms. The molecule has 7 heteroatoms. The molecule has 1 aliphatic rings. The Morgan fingerprint density at radius 2 is 1.31 bits per heavy atom. The maximum atomic E-state index is 11.0. The Bertz CT molecular complexity index is 1000. The maximum absolute atomic E-state index is 11.0. The van der Waals surface area contributed by atoms with Crippen molar-refractivity contribution in [3.63, 3.8) is 0 Å². The van der Waals surface area contributed by atoms with E-state index in [4.69, 9.17) is 35.3 Å². The fourth-order valence-electron chi connectivity index (χ4n) is 5.23. The van der Waals surface area contributed by atoms with Crippen LogP contribution in [0.15, 0.2) is 42.5 Å². The van der Waals surface area contributed by atoms with Crippen LogP contribution in [0.25, 0.3) is 0 Å². The molecule has 0 spiro atoms. The van der Waals surface area contributed by atoms with Crippen molar-refractivity contribution in [2.45, 2.75) is 116 Å². The van der Waals surface area contributed by atoms with E-state index in [1.165, 1.54) is 0 Å². The summed E-state index contributed by atoms with van der Waals surface area (Å²) in [5.74, 6) is 0.0384. The Hall–Kier alpha value is -1.67. The van der Waals surface area contributed by atoms with Gasteiger partial charge < -0.3 is 28.8 Å². The van der Waals surface area contributed by atoms with Gasteiger partial charge in [-0.25, -0.2) is 0 Å². The summed E-state index contributed by atoms with van der Waals surface area (Å²) >= 11 is 6.64. The first-order valence-electron chi connectivity index (χ1n) is 16.2. The molecule has 1 fully saturated rings. The highest BCUT2D eigenvalue weighted by atomic mass is 35.5. The summed E-state index contributed by atoms with van der Waals surface area (Å²) in [5, 5.41) is 11.3. The van der Waals surface area contributed by atoms with Crippen molar-refractivity contribution < 1.29 is 28.8 Å². The molecule has 1 heterocycles. The highest BCUT2D eigenvalue weighted by Gasteiger charge is 2.49. The van der Waals surface area contributed by atoms with E-state index in [0.29, 0.717) is 44.5 Å². The van der Waals surface area contributed by atoms with Gasteiger partial charge in [0.1, 0.15) is 36.3 Å². The molecule has 1 saturated heterocycles. The molecule has 0 saturated carbocycles. The predicted molar refractivity (Wildman–Crippen MR) is 170 cm³/mol. The van der Waals surface area contributed by atoms with Gasteiger partial charge in [-0.3, -0.25) is 0 Å². The summed E-state index contributed by atoms with van der Waals surface area (Å²) in [6, 6.07) is 13.9. The lowest BCUT2D eigenvalue weighted by molar-refractivity contribution is -0.268. The van der Waals surface area contributed by atoms with Crippen molar-refractivity contribution in [2.24, 2.45) is 0 Å². The lowest BCUT2D eigenvalue weighted by atomic mass is 9.89. The van der Waals surface area contributed by atoms with Crippen molar-refractivity contribution >= 4 is 11.6 Å². The number of halogens is 1. The Labute approximate surface area is 259 Å². The van der Waals surface area contributed by atoms with E-state index in [2.05, 4.69) is 39.8 Å². The van der Waals surface area contributed by atoms with E-state index < -0.39 is 12.2 Å². The monoisotopic (exact) mass is 604 g/mol. The van der Waals surface area contributed by atoms with Crippen molar-refractivity contribution in [1.29, 1.82) is 0 Å². The third-order valence-corrected chi connectivity index (χ3v) is 8.14. The molecule has 236 valence electrons. The smallest absolute Gasteiger partial charge is 0.134 e. The van der Waals surface area contributed by atoms with Crippen molar-refractivity contribution in [2.75, 3.05) is 33.0 Å². The number of phenols is 1. The van der Waals surface area contributed by atoms with Crippen LogP contribution in [-0.2, 0) is 30.1 Å². The zero-order valence-corrected chi connectivity index (χ0v) is 27.0. The average molecular weight is 605 g/mol. The van der Waals surface area contributed by atoms with Gasteiger partial charge >= 0.3 is 0 Å². The third-order valence-electron chi connectivity index (χ3n) is 7.70.